The fourth-order valence-corrected chi connectivity index (χ4v) is 3.00. The van der Waals surface area contributed by atoms with Crippen LogP contribution in [0.1, 0.15) is 43.6 Å². The van der Waals surface area contributed by atoms with Crippen LogP contribution in [-0.2, 0) is 0 Å². The lowest BCUT2D eigenvalue weighted by Crippen LogP contribution is -2.18. The van der Waals surface area contributed by atoms with E-state index in [1.165, 1.54) is 12.1 Å². The van der Waals surface area contributed by atoms with Crippen LogP contribution in [0.4, 0.5) is 26.3 Å². The zero-order chi connectivity index (χ0) is 17.7. The van der Waals surface area contributed by atoms with E-state index in [0.29, 0.717) is 5.56 Å². The van der Waals surface area contributed by atoms with Crippen molar-refractivity contribution in [1.82, 2.24) is 0 Å². The van der Waals surface area contributed by atoms with Gasteiger partial charge in [0.1, 0.15) is 0 Å². The summed E-state index contributed by atoms with van der Waals surface area (Å²) in [5.41, 5.74) is 0.636. The number of rotatable bonds is 5. The van der Waals surface area contributed by atoms with Crippen molar-refractivity contribution in [3.05, 3.63) is 41.7 Å². The van der Waals surface area contributed by atoms with Crippen LogP contribution in [0, 0.1) is 11.7 Å². The van der Waals surface area contributed by atoms with Gasteiger partial charge >= 0.3 is 6.36 Å². The quantitative estimate of drug-likeness (QED) is 0.452. The Bertz CT molecular complexity index is 559. The molecule has 0 N–H and O–H groups in total. The van der Waals surface area contributed by atoms with Crippen LogP contribution in [0.25, 0.3) is 0 Å². The molecule has 134 valence electrons. The monoisotopic (exact) mass is 352 g/mol. The Morgan fingerprint density at radius 2 is 1.79 bits per heavy atom. The number of benzene rings is 1. The molecule has 1 nitrogen and oxygen atoms in total. The molecule has 0 atom stereocenters. The van der Waals surface area contributed by atoms with E-state index in [-0.39, 0.29) is 18.3 Å². The van der Waals surface area contributed by atoms with E-state index in [4.69, 9.17) is 0 Å². The first-order chi connectivity index (χ1) is 11.2. The topological polar surface area (TPSA) is 9.23 Å². The van der Waals surface area contributed by atoms with Gasteiger partial charge in [0, 0.05) is 6.42 Å². The lowest BCUT2D eigenvalue weighted by Gasteiger charge is -2.27. The minimum absolute atomic E-state index is 0.0548. The molecular formula is C17H18F6O. The van der Waals surface area contributed by atoms with Gasteiger partial charge in [-0.2, -0.15) is 0 Å². The molecule has 0 unspecified atom stereocenters. The second-order valence-electron chi connectivity index (χ2n) is 5.90. The van der Waals surface area contributed by atoms with Gasteiger partial charge in [0.15, 0.2) is 11.6 Å². The molecule has 0 bridgehead atoms. The first kappa shape index (κ1) is 18.7. The van der Waals surface area contributed by atoms with Gasteiger partial charge in [0.05, 0.1) is 0 Å². The predicted molar refractivity (Wildman–Crippen MR) is 77.5 cm³/mol. The molecule has 1 aliphatic carbocycles. The van der Waals surface area contributed by atoms with Gasteiger partial charge in [-0.05, 0) is 55.2 Å². The second kappa shape index (κ2) is 7.94. The van der Waals surface area contributed by atoms with E-state index >= 15 is 0 Å². The molecule has 1 saturated carbocycles. The van der Waals surface area contributed by atoms with Gasteiger partial charge in [0.25, 0.3) is 0 Å². The summed E-state index contributed by atoms with van der Waals surface area (Å²) in [6, 6.07) is 3.52. The van der Waals surface area contributed by atoms with E-state index in [0.717, 1.165) is 37.8 Å². The summed E-state index contributed by atoms with van der Waals surface area (Å²) < 4.78 is 77.9. The molecule has 0 spiro atoms. The van der Waals surface area contributed by atoms with Crippen LogP contribution < -0.4 is 4.74 Å². The lowest BCUT2D eigenvalue weighted by molar-refractivity contribution is -0.275. The average Bonchev–Trinajstić information content (AvgIpc) is 2.48. The Kier molecular flexibility index (Phi) is 6.18. The summed E-state index contributed by atoms with van der Waals surface area (Å²) in [5.74, 6) is -1.60. The van der Waals surface area contributed by atoms with E-state index in [9.17, 15) is 26.3 Å². The number of halogens is 6. The molecule has 0 saturated heterocycles. The standard InChI is InChI=1S/C17H18F6O/c18-14-10-13(8-9-15(14)24-17(21,22)23)12-6-4-11(5-7-12)2-1-3-16(19)20/h1-2,8-12,16H,3-7H2/b2-1+. The maximum atomic E-state index is 13.7. The summed E-state index contributed by atoms with van der Waals surface area (Å²) in [6.07, 6.45) is -1.21. The number of alkyl halides is 5. The SMILES string of the molecule is Fc1cc(C2CCC(/C=C/CC(F)F)CC2)ccc1OC(F)(F)F. The highest BCUT2D eigenvalue weighted by Crippen LogP contribution is 2.38. The van der Waals surface area contributed by atoms with Crippen molar-refractivity contribution in [3.8, 4) is 5.75 Å². The maximum absolute atomic E-state index is 13.7. The minimum Gasteiger partial charge on any atom is -0.403 e. The predicted octanol–water partition coefficient (Wildman–Crippen LogP) is 6.21. The van der Waals surface area contributed by atoms with Crippen molar-refractivity contribution in [2.75, 3.05) is 0 Å². The van der Waals surface area contributed by atoms with Gasteiger partial charge in [-0.25, -0.2) is 13.2 Å². The van der Waals surface area contributed by atoms with Crippen LogP contribution >= 0.6 is 0 Å². The van der Waals surface area contributed by atoms with Crippen molar-refractivity contribution in [2.24, 2.45) is 5.92 Å². The highest BCUT2D eigenvalue weighted by Gasteiger charge is 2.32. The third-order valence-corrected chi connectivity index (χ3v) is 4.15. The first-order valence-corrected chi connectivity index (χ1v) is 7.74. The Labute approximate surface area is 136 Å². The van der Waals surface area contributed by atoms with Gasteiger partial charge in [0.2, 0.25) is 6.43 Å². The van der Waals surface area contributed by atoms with Crippen molar-refractivity contribution >= 4 is 0 Å². The molecule has 2 rings (SSSR count). The van der Waals surface area contributed by atoms with Gasteiger partial charge in [-0.15, -0.1) is 13.2 Å². The van der Waals surface area contributed by atoms with Gasteiger partial charge < -0.3 is 4.74 Å². The van der Waals surface area contributed by atoms with Crippen molar-refractivity contribution < 1.29 is 31.1 Å². The van der Waals surface area contributed by atoms with Gasteiger partial charge in [-0.3, -0.25) is 0 Å². The molecule has 24 heavy (non-hydrogen) atoms. The van der Waals surface area contributed by atoms with Crippen LogP contribution in [0.15, 0.2) is 30.4 Å². The summed E-state index contributed by atoms with van der Waals surface area (Å²) in [7, 11) is 0. The lowest BCUT2D eigenvalue weighted by atomic mass is 9.78. The fourth-order valence-electron chi connectivity index (χ4n) is 3.00. The number of ether oxygens (including phenoxy) is 1. The maximum Gasteiger partial charge on any atom is 0.573 e. The fraction of sp³-hybridized carbons (Fsp3) is 0.529. The third-order valence-electron chi connectivity index (χ3n) is 4.15. The van der Waals surface area contributed by atoms with Crippen LogP contribution in [-0.4, -0.2) is 12.8 Å². The molecule has 1 aromatic carbocycles. The normalized spacial score (nSPS) is 22.3. The molecule has 1 aromatic rings. The highest BCUT2D eigenvalue weighted by molar-refractivity contribution is 5.31. The highest BCUT2D eigenvalue weighted by atomic mass is 19.4. The van der Waals surface area contributed by atoms with Crippen molar-refractivity contribution in [1.29, 1.82) is 0 Å². The molecule has 0 amide bonds. The van der Waals surface area contributed by atoms with Crippen LogP contribution in [0.2, 0.25) is 0 Å². The Morgan fingerprint density at radius 3 is 2.33 bits per heavy atom. The second-order valence-corrected chi connectivity index (χ2v) is 5.90. The number of hydrogen-bond acceptors (Lipinski definition) is 1. The smallest absolute Gasteiger partial charge is 0.403 e. The summed E-state index contributed by atoms with van der Waals surface area (Å²) in [6.45, 7) is 0. The molecule has 1 fully saturated rings. The molecule has 0 radical (unpaired) electrons. The van der Waals surface area contributed by atoms with Crippen molar-refractivity contribution in [3.63, 3.8) is 0 Å². The van der Waals surface area contributed by atoms with E-state index < -0.39 is 24.4 Å². The molecule has 0 heterocycles. The number of allylic oxidation sites excluding steroid dienone is 2. The minimum atomic E-state index is -4.93. The summed E-state index contributed by atoms with van der Waals surface area (Å²) in [4.78, 5) is 0. The molecule has 1 aliphatic rings. The Hall–Kier alpha value is -1.66. The van der Waals surface area contributed by atoms with E-state index in [1.54, 1.807) is 6.08 Å². The van der Waals surface area contributed by atoms with E-state index in [2.05, 4.69) is 4.74 Å². The molecular weight excluding hydrogens is 334 g/mol. The Balaban J connectivity index is 1.92. The first-order valence-electron chi connectivity index (χ1n) is 7.74. The van der Waals surface area contributed by atoms with E-state index in [1.807, 2.05) is 0 Å². The zero-order valence-electron chi connectivity index (χ0n) is 12.8. The largest absolute Gasteiger partial charge is 0.573 e. The van der Waals surface area contributed by atoms with Crippen LogP contribution in [0.5, 0.6) is 5.75 Å². The third kappa shape index (κ3) is 5.76. The summed E-state index contributed by atoms with van der Waals surface area (Å²) >= 11 is 0. The summed E-state index contributed by atoms with van der Waals surface area (Å²) in [5, 5.41) is 0. The van der Waals surface area contributed by atoms with Gasteiger partial charge in [-0.1, -0.05) is 18.2 Å². The molecule has 7 heteroatoms. The molecule has 0 aromatic heterocycles. The molecule has 0 aliphatic heterocycles. The average molecular weight is 352 g/mol. The Morgan fingerprint density at radius 1 is 1.12 bits per heavy atom. The number of hydrogen-bond donors (Lipinski definition) is 0. The van der Waals surface area contributed by atoms with Crippen LogP contribution in [0.3, 0.4) is 0 Å². The van der Waals surface area contributed by atoms with Crippen molar-refractivity contribution in [2.45, 2.75) is 50.8 Å². The zero-order valence-corrected chi connectivity index (χ0v) is 12.8.